The second-order valence-electron chi connectivity index (χ2n) is 6.04. The zero-order valence-electron chi connectivity index (χ0n) is 13.6. The average Bonchev–Trinajstić information content (AvgIpc) is 2.66. The van der Waals surface area contributed by atoms with Crippen molar-refractivity contribution in [2.24, 2.45) is 0 Å². The highest BCUT2D eigenvalue weighted by Crippen LogP contribution is 2.38. The zero-order chi connectivity index (χ0) is 17.2. The molecule has 1 aromatic heterocycles. The molecule has 3 aromatic rings. The molecule has 0 radical (unpaired) electrons. The number of halogens is 1. The number of fused-ring (bicyclic) bond motifs is 1. The molecule has 2 aromatic carbocycles. The van der Waals surface area contributed by atoms with E-state index in [1.807, 2.05) is 18.2 Å². The van der Waals surface area contributed by atoms with Crippen molar-refractivity contribution in [1.82, 2.24) is 14.9 Å². The highest BCUT2D eigenvalue weighted by Gasteiger charge is 2.29. The number of aromatic hydroxyl groups is 1. The van der Waals surface area contributed by atoms with Crippen LogP contribution in [-0.2, 0) is 4.74 Å². The van der Waals surface area contributed by atoms with Crippen molar-refractivity contribution in [2.45, 2.75) is 6.04 Å². The fraction of sp³-hybridized carbons (Fsp3) is 0.263. The van der Waals surface area contributed by atoms with Crippen molar-refractivity contribution in [1.29, 1.82) is 0 Å². The minimum absolute atomic E-state index is 0.0691. The lowest BCUT2D eigenvalue weighted by atomic mass is 9.94. The smallest absolute Gasteiger partial charge is 0.147 e. The van der Waals surface area contributed by atoms with Crippen molar-refractivity contribution in [3.63, 3.8) is 0 Å². The first-order valence-corrected chi connectivity index (χ1v) is 8.23. The number of phenols is 1. The lowest BCUT2D eigenvalue weighted by Gasteiger charge is -2.35. The van der Waals surface area contributed by atoms with Crippen molar-refractivity contribution in [2.75, 3.05) is 26.3 Å². The van der Waals surface area contributed by atoms with E-state index in [0.717, 1.165) is 5.39 Å². The van der Waals surface area contributed by atoms with E-state index >= 15 is 0 Å². The van der Waals surface area contributed by atoms with Crippen LogP contribution in [0.15, 0.2) is 48.9 Å². The maximum absolute atomic E-state index is 14.6. The van der Waals surface area contributed by atoms with Gasteiger partial charge < -0.3 is 9.84 Å². The molecule has 1 saturated heterocycles. The van der Waals surface area contributed by atoms with E-state index in [1.165, 1.54) is 12.4 Å². The number of aromatic nitrogens is 2. The molecule has 2 heterocycles. The fourth-order valence-corrected chi connectivity index (χ4v) is 3.37. The van der Waals surface area contributed by atoms with Gasteiger partial charge in [0, 0.05) is 35.8 Å². The van der Waals surface area contributed by atoms with Crippen LogP contribution in [0.1, 0.15) is 17.2 Å². The predicted molar refractivity (Wildman–Crippen MR) is 91.8 cm³/mol. The Hall–Kier alpha value is -2.57. The number of phenolic OH excluding ortho intramolecular Hbond substituents is 1. The van der Waals surface area contributed by atoms with Crippen molar-refractivity contribution >= 4 is 10.9 Å². The van der Waals surface area contributed by atoms with Crippen LogP contribution < -0.4 is 0 Å². The van der Waals surface area contributed by atoms with E-state index < -0.39 is 6.04 Å². The molecule has 6 heteroatoms. The third-order valence-electron chi connectivity index (χ3n) is 4.59. The summed E-state index contributed by atoms with van der Waals surface area (Å²) in [6.45, 7) is 2.50. The molecular weight excluding hydrogens is 321 g/mol. The van der Waals surface area contributed by atoms with Crippen LogP contribution in [0.2, 0.25) is 0 Å². The van der Waals surface area contributed by atoms with E-state index in [2.05, 4.69) is 14.9 Å². The Bertz CT molecular complexity index is 897. The van der Waals surface area contributed by atoms with Gasteiger partial charge in [-0.15, -0.1) is 0 Å². The van der Waals surface area contributed by atoms with Gasteiger partial charge in [-0.05, 0) is 6.07 Å². The summed E-state index contributed by atoms with van der Waals surface area (Å²) < 4.78 is 20.0. The summed E-state index contributed by atoms with van der Waals surface area (Å²) in [7, 11) is 0. The van der Waals surface area contributed by atoms with E-state index in [0.29, 0.717) is 42.9 Å². The maximum Gasteiger partial charge on any atom is 0.147 e. The summed E-state index contributed by atoms with van der Waals surface area (Å²) in [5, 5.41) is 11.6. The zero-order valence-corrected chi connectivity index (χ0v) is 13.6. The Morgan fingerprint density at radius 3 is 2.68 bits per heavy atom. The highest BCUT2D eigenvalue weighted by atomic mass is 19.1. The molecule has 1 unspecified atom stereocenters. The molecule has 0 bridgehead atoms. The summed E-state index contributed by atoms with van der Waals surface area (Å²) in [5.74, 6) is -0.221. The molecular formula is C19H18FN3O2. The standard InChI is InChI=1S/C19H18FN3O2/c20-16-4-2-1-3-14(16)18(23-7-9-25-10-8-23)15-6-5-13-11-21-12-22-17(13)19(15)24/h1-6,11-12,18,24H,7-10H2. The monoisotopic (exact) mass is 339 g/mol. The van der Waals surface area contributed by atoms with Crippen LogP contribution in [0.25, 0.3) is 10.9 Å². The average molecular weight is 339 g/mol. The molecule has 25 heavy (non-hydrogen) atoms. The third-order valence-corrected chi connectivity index (χ3v) is 4.59. The SMILES string of the molecule is Oc1c(C(c2ccccc2F)N2CCOCC2)ccc2cncnc12. The molecule has 1 fully saturated rings. The lowest BCUT2D eigenvalue weighted by molar-refractivity contribution is 0.0230. The molecule has 0 spiro atoms. The van der Waals surface area contributed by atoms with Gasteiger partial charge in [-0.3, -0.25) is 4.90 Å². The number of morpholine rings is 1. The predicted octanol–water partition coefficient (Wildman–Crippen LogP) is 2.90. The Morgan fingerprint density at radius 1 is 1.08 bits per heavy atom. The summed E-state index contributed by atoms with van der Waals surface area (Å²) in [6, 6.07) is 9.98. The van der Waals surface area contributed by atoms with Crippen LogP contribution in [-0.4, -0.2) is 46.3 Å². The molecule has 1 N–H and O–H groups in total. The first kappa shape index (κ1) is 15.9. The van der Waals surface area contributed by atoms with Gasteiger partial charge in [0.2, 0.25) is 0 Å². The Kier molecular flexibility index (Phi) is 4.29. The fourth-order valence-electron chi connectivity index (χ4n) is 3.37. The molecule has 1 aliphatic rings. The Balaban J connectivity index is 1.89. The third kappa shape index (κ3) is 2.94. The van der Waals surface area contributed by atoms with E-state index in [1.54, 1.807) is 18.3 Å². The first-order chi connectivity index (χ1) is 12.3. The topological polar surface area (TPSA) is 58.5 Å². The van der Waals surface area contributed by atoms with Gasteiger partial charge in [-0.2, -0.15) is 0 Å². The van der Waals surface area contributed by atoms with Crippen LogP contribution >= 0.6 is 0 Å². The highest BCUT2D eigenvalue weighted by molar-refractivity contribution is 5.85. The minimum atomic E-state index is -0.399. The summed E-state index contributed by atoms with van der Waals surface area (Å²) in [6.07, 6.45) is 3.05. The summed E-state index contributed by atoms with van der Waals surface area (Å²) in [5.41, 5.74) is 1.65. The number of hydrogen-bond donors (Lipinski definition) is 1. The van der Waals surface area contributed by atoms with E-state index in [-0.39, 0.29) is 11.6 Å². The van der Waals surface area contributed by atoms with Gasteiger partial charge in [-0.1, -0.05) is 30.3 Å². The number of nitrogens with zero attached hydrogens (tertiary/aromatic N) is 3. The van der Waals surface area contributed by atoms with Gasteiger partial charge >= 0.3 is 0 Å². The number of rotatable bonds is 3. The number of hydrogen-bond acceptors (Lipinski definition) is 5. The first-order valence-electron chi connectivity index (χ1n) is 8.23. The molecule has 1 aliphatic heterocycles. The van der Waals surface area contributed by atoms with Crippen LogP contribution in [0.5, 0.6) is 5.75 Å². The lowest BCUT2D eigenvalue weighted by Crippen LogP contribution is -2.39. The van der Waals surface area contributed by atoms with Crippen molar-refractivity contribution < 1.29 is 14.2 Å². The normalized spacial score (nSPS) is 16.8. The Morgan fingerprint density at radius 2 is 1.88 bits per heavy atom. The van der Waals surface area contributed by atoms with Gasteiger partial charge in [0.1, 0.15) is 23.4 Å². The summed E-state index contributed by atoms with van der Waals surface area (Å²) in [4.78, 5) is 10.3. The van der Waals surface area contributed by atoms with E-state index in [9.17, 15) is 9.50 Å². The number of benzene rings is 2. The van der Waals surface area contributed by atoms with E-state index in [4.69, 9.17) is 4.74 Å². The molecule has 0 saturated carbocycles. The summed E-state index contributed by atoms with van der Waals surface area (Å²) >= 11 is 0. The largest absolute Gasteiger partial charge is 0.505 e. The molecule has 4 rings (SSSR count). The van der Waals surface area contributed by atoms with Crippen molar-refractivity contribution in [3.8, 4) is 5.75 Å². The molecule has 1 atom stereocenters. The second kappa shape index (κ2) is 6.74. The molecule has 0 aliphatic carbocycles. The van der Waals surface area contributed by atoms with Crippen LogP contribution in [0.4, 0.5) is 4.39 Å². The van der Waals surface area contributed by atoms with Crippen LogP contribution in [0.3, 0.4) is 0 Å². The van der Waals surface area contributed by atoms with Gasteiger partial charge in [0.15, 0.2) is 0 Å². The number of ether oxygens (including phenoxy) is 1. The maximum atomic E-state index is 14.6. The molecule has 5 nitrogen and oxygen atoms in total. The quantitative estimate of drug-likeness (QED) is 0.795. The van der Waals surface area contributed by atoms with Gasteiger partial charge in [-0.25, -0.2) is 14.4 Å². The van der Waals surface area contributed by atoms with Gasteiger partial charge in [0.05, 0.1) is 19.3 Å². The van der Waals surface area contributed by atoms with Gasteiger partial charge in [0.25, 0.3) is 0 Å². The molecule has 128 valence electrons. The van der Waals surface area contributed by atoms with Crippen molar-refractivity contribution in [3.05, 3.63) is 65.9 Å². The minimum Gasteiger partial charge on any atom is -0.505 e. The van der Waals surface area contributed by atoms with Crippen LogP contribution in [0, 0.1) is 5.82 Å². The molecule has 0 amide bonds. The second-order valence-corrected chi connectivity index (χ2v) is 6.04. The Labute approximate surface area is 144 Å².